The lowest BCUT2D eigenvalue weighted by atomic mass is 10.1. The molecule has 1 unspecified atom stereocenters. The molecule has 1 N–H and O–H groups in total. The van der Waals surface area contributed by atoms with Gasteiger partial charge in [-0.25, -0.2) is 4.39 Å². The monoisotopic (exact) mass is 276 g/mol. The number of aliphatic hydroxyl groups excluding tert-OH is 1. The van der Waals surface area contributed by atoms with E-state index in [9.17, 15) is 9.50 Å². The van der Waals surface area contributed by atoms with Gasteiger partial charge in [0.25, 0.3) is 0 Å². The molecule has 3 nitrogen and oxygen atoms in total. The zero-order valence-corrected chi connectivity index (χ0v) is 11.5. The molecule has 0 radical (unpaired) electrons. The van der Waals surface area contributed by atoms with Gasteiger partial charge in [0, 0.05) is 11.6 Å². The molecule has 20 heavy (non-hydrogen) atoms. The SMILES string of the molecule is COc1ccccc1C(O)COc1cc(F)ccc1C. The predicted octanol–water partition coefficient (Wildman–Crippen LogP) is 3.26. The van der Waals surface area contributed by atoms with Gasteiger partial charge in [0.05, 0.1) is 7.11 Å². The Balaban J connectivity index is 2.08. The Morgan fingerprint density at radius 1 is 1.15 bits per heavy atom. The standard InChI is InChI=1S/C16H17FO3/c1-11-7-8-12(17)9-16(11)20-10-14(18)13-5-3-4-6-15(13)19-2/h3-9,14,18H,10H2,1-2H3. The Morgan fingerprint density at radius 3 is 2.65 bits per heavy atom. The summed E-state index contributed by atoms with van der Waals surface area (Å²) in [5.41, 5.74) is 1.46. The molecule has 0 saturated heterocycles. The van der Waals surface area contributed by atoms with E-state index in [0.29, 0.717) is 17.1 Å². The van der Waals surface area contributed by atoms with Crippen LogP contribution in [0.3, 0.4) is 0 Å². The normalized spacial score (nSPS) is 12.0. The average Bonchev–Trinajstić information content (AvgIpc) is 2.47. The highest BCUT2D eigenvalue weighted by molar-refractivity contribution is 5.36. The summed E-state index contributed by atoms with van der Waals surface area (Å²) in [6.07, 6.45) is -0.839. The summed E-state index contributed by atoms with van der Waals surface area (Å²) in [4.78, 5) is 0. The van der Waals surface area contributed by atoms with Crippen molar-refractivity contribution in [2.45, 2.75) is 13.0 Å². The molecule has 0 bridgehead atoms. The van der Waals surface area contributed by atoms with Crippen LogP contribution in [0.15, 0.2) is 42.5 Å². The van der Waals surface area contributed by atoms with Crippen molar-refractivity contribution in [3.8, 4) is 11.5 Å². The van der Waals surface area contributed by atoms with Gasteiger partial charge in [-0.1, -0.05) is 24.3 Å². The summed E-state index contributed by atoms with van der Waals surface area (Å²) in [6.45, 7) is 1.86. The fourth-order valence-electron chi connectivity index (χ4n) is 1.93. The van der Waals surface area contributed by atoms with Crippen LogP contribution in [0.25, 0.3) is 0 Å². The third kappa shape index (κ3) is 3.27. The van der Waals surface area contributed by atoms with Crippen molar-refractivity contribution < 1.29 is 19.0 Å². The molecule has 1 atom stereocenters. The number of hydrogen-bond acceptors (Lipinski definition) is 3. The van der Waals surface area contributed by atoms with E-state index in [1.54, 1.807) is 25.3 Å². The van der Waals surface area contributed by atoms with Crippen LogP contribution in [0.4, 0.5) is 4.39 Å². The molecule has 0 amide bonds. The second-order valence-electron chi connectivity index (χ2n) is 4.48. The molecule has 0 spiro atoms. The smallest absolute Gasteiger partial charge is 0.126 e. The summed E-state index contributed by atoms with van der Waals surface area (Å²) < 4.78 is 23.8. The number of benzene rings is 2. The molecule has 0 aromatic heterocycles. The van der Waals surface area contributed by atoms with Crippen molar-refractivity contribution in [2.75, 3.05) is 13.7 Å². The first-order valence-corrected chi connectivity index (χ1v) is 6.31. The van der Waals surface area contributed by atoms with E-state index in [4.69, 9.17) is 9.47 Å². The van der Waals surface area contributed by atoms with Gasteiger partial charge in [0.1, 0.15) is 30.0 Å². The quantitative estimate of drug-likeness (QED) is 0.911. The summed E-state index contributed by atoms with van der Waals surface area (Å²) in [5, 5.41) is 10.2. The average molecular weight is 276 g/mol. The fourth-order valence-corrected chi connectivity index (χ4v) is 1.93. The summed E-state index contributed by atoms with van der Waals surface area (Å²) >= 11 is 0. The van der Waals surface area contributed by atoms with E-state index >= 15 is 0 Å². The van der Waals surface area contributed by atoms with E-state index in [0.717, 1.165) is 5.56 Å². The summed E-state index contributed by atoms with van der Waals surface area (Å²) in [5.74, 6) is 0.663. The van der Waals surface area contributed by atoms with Crippen molar-refractivity contribution in [3.63, 3.8) is 0 Å². The van der Waals surface area contributed by atoms with Crippen molar-refractivity contribution in [1.29, 1.82) is 0 Å². The number of aliphatic hydroxyl groups is 1. The van der Waals surface area contributed by atoms with E-state index in [-0.39, 0.29) is 12.4 Å². The molecule has 0 aliphatic carbocycles. The first kappa shape index (κ1) is 14.3. The maximum Gasteiger partial charge on any atom is 0.126 e. The number of rotatable bonds is 5. The summed E-state index contributed by atoms with van der Waals surface area (Å²) in [7, 11) is 1.54. The highest BCUT2D eigenvalue weighted by atomic mass is 19.1. The van der Waals surface area contributed by atoms with Crippen LogP contribution >= 0.6 is 0 Å². The van der Waals surface area contributed by atoms with Crippen LogP contribution in [0.2, 0.25) is 0 Å². The van der Waals surface area contributed by atoms with Gasteiger partial charge in [-0.15, -0.1) is 0 Å². The van der Waals surface area contributed by atoms with Crippen LogP contribution in [0.5, 0.6) is 11.5 Å². The van der Waals surface area contributed by atoms with Crippen molar-refractivity contribution in [1.82, 2.24) is 0 Å². The highest BCUT2D eigenvalue weighted by Gasteiger charge is 2.14. The van der Waals surface area contributed by atoms with Crippen LogP contribution in [-0.2, 0) is 0 Å². The molecule has 106 valence electrons. The van der Waals surface area contributed by atoms with Gasteiger partial charge in [-0.3, -0.25) is 0 Å². The Labute approximate surface area is 117 Å². The molecule has 2 aromatic carbocycles. The Bertz CT molecular complexity index is 584. The zero-order valence-electron chi connectivity index (χ0n) is 11.5. The fraction of sp³-hybridized carbons (Fsp3) is 0.250. The molecular formula is C16H17FO3. The second kappa shape index (κ2) is 6.39. The molecule has 0 heterocycles. The molecule has 2 rings (SSSR count). The van der Waals surface area contributed by atoms with Crippen molar-refractivity contribution in [3.05, 3.63) is 59.4 Å². The molecule has 0 fully saturated rings. The molecule has 0 aliphatic heterocycles. The van der Waals surface area contributed by atoms with E-state index in [1.165, 1.54) is 12.1 Å². The summed E-state index contributed by atoms with van der Waals surface area (Å²) in [6, 6.07) is 11.5. The van der Waals surface area contributed by atoms with Crippen LogP contribution < -0.4 is 9.47 Å². The first-order chi connectivity index (χ1) is 9.61. The van der Waals surface area contributed by atoms with Gasteiger partial charge in [-0.2, -0.15) is 0 Å². The Kier molecular flexibility index (Phi) is 4.58. The minimum atomic E-state index is -0.839. The highest BCUT2D eigenvalue weighted by Crippen LogP contribution is 2.26. The molecular weight excluding hydrogens is 259 g/mol. The number of para-hydroxylation sites is 1. The van der Waals surface area contributed by atoms with Gasteiger partial charge in [-0.05, 0) is 24.6 Å². The van der Waals surface area contributed by atoms with Crippen molar-refractivity contribution >= 4 is 0 Å². The first-order valence-electron chi connectivity index (χ1n) is 6.31. The minimum Gasteiger partial charge on any atom is -0.496 e. The van der Waals surface area contributed by atoms with Gasteiger partial charge >= 0.3 is 0 Å². The number of methoxy groups -OCH3 is 1. The molecule has 0 saturated carbocycles. The van der Waals surface area contributed by atoms with Gasteiger partial charge in [0.2, 0.25) is 0 Å². The van der Waals surface area contributed by atoms with Crippen LogP contribution in [0, 0.1) is 12.7 Å². The Hall–Kier alpha value is -2.07. The third-order valence-electron chi connectivity index (χ3n) is 3.04. The molecule has 0 aliphatic rings. The Morgan fingerprint density at radius 2 is 1.90 bits per heavy atom. The lowest BCUT2D eigenvalue weighted by Crippen LogP contribution is -2.11. The largest absolute Gasteiger partial charge is 0.496 e. The van der Waals surface area contributed by atoms with Crippen molar-refractivity contribution in [2.24, 2.45) is 0 Å². The second-order valence-corrected chi connectivity index (χ2v) is 4.48. The van der Waals surface area contributed by atoms with Gasteiger partial charge < -0.3 is 14.6 Å². The van der Waals surface area contributed by atoms with E-state index in [1.807, 2.05) is 19.1 Å². The van der Waals surface area contributed by atoms with E-state index in [2.05, 4.69) is 0 Å². The topological polar surface area (TPSA) is 38.7 Å². The molecule has 4 heteroatoms. The number of halogens is 1. The third-order valence-corrected chi connectivity index (χ3v) is 3.04. The van der Waals surface area contributed by atoms with E-state index < -0.39 is 6.10 Å². The minimum absolute atomic E-state index is 0.0324. The number of aryl methyl sites for hydroxylation is 1. The zero-order chi connectivity index (χ0) is 14.5. The van der Waals surface area contributed by atoms with Crippen LogP contribution in [0.1, 0.15) is 17.2 Å². The van der Waals surface area contributed by atoms with Gasteiger partial charge in [0.15, 0.2) is 0 Å². The lowest BCUT2D eigenvalue weighted by Gasteiger charge is -2.16. The maximum atomic E-state index is 13.2. The number of hydrogen-bond donors (Lipinski definition) is 1. The maximum absolute atomic E-state index is 13.2. The lowest BCUT2D eigenvalue weighted by molar-refractivity contribution is 0.105. The number of ether oxygens (including phenoxy) is 2. The van der Waals surface area contributed by atoms with Crippen LogP contribution in [-0.4, -0.2) is 18.8 Å². The predicted molar refractivity (Wildman–Crippen MR) is 74.6 cm³/mol. The molecule has 2 aromatic rings.